The third kappa shape index (κ3) is 1.62. The van der Waals surface area contributed by atoms with Gasteiger partial charge in [0.15, 0.2) is 0 Å². The molecule has 2 aliphatic rings. The molecule has 0 aromatic rings. The molecule has 1 aliphatic heterocycles. The summed E-state index contributed by atoms with van der Waals surface area (Å²) in [5.74, 6) is 1.69. The fourth-order valence-corrected chi connectivity index (χ4v) is 2.86. The fourth-order valence-electron chi connectivity index (χ4n) is 2.86. The van der Waals surface area contributed by atoms with E-state index in [0.717, 1.165) is 11.8 Å². The van der Waals surface area contributed by atoms with Crippen LogP contribution in [0.2, 0.25) is 0 Å². The Morgan fingerprint density at radius 2 is 1.85 bits per heavy atom. The lowest BCUT2D eigenvalue weighted by molar-refractivity contribution is 0.159. The summed E-state index contributed by atoms with van der Waals surface area (Å²) in [6, 6.07) is 0.484. The van der Waals surface area contributed by atoms with Crippen molar-refractivity contribution in [2.24, 2.45) is 17.6 Å². The van der Waals surface area contributed by atoms with E-state index in [4.69, 9.17) is 5.73 Å². The van der Waals surface area contributed by atoms with Crippen LogP contribution in [0.1, 0.15) is 33.6 Å². The maximum Gasteiger partial charge on any atom is 0.0125 e. The molecule has 2 N–H and O–H groups in total. The van der Waals surface area contributed by atoms with Crippen molar-refractivity contribution in [3.63, 3.8) is 0 Å². The molecule has 2 heteroatoms. The summed E-state index contributed by atoms with van der Waals surface area (Å²) in [6.07, 6.45) is 2.62. The van der Waals surface area contributed by atoms with Gasteiger partial charge in [0.05, 0.1) is 0 Å². The van der Waals surface area contributed by atoms with Gasteiger partial charge >= 0.3 is 0 Å². The molecule has 0 bridgehead atoms. The van der Waals surface area contributed by atoms with Crippen LogP contribution in [0.15, 0.2) is 0 Å². The quantitative estimate of drug-likeness (QED) is 0.614. The number of rotatable bonds is 0. The smallest absolute Gasteiger partial charge is 0.0125 e. The maximum atomic E-state index is 6.10. The van der Waals surface area contributed by atoms with E-state index >= 15 is 0 Å². The van der Waals surface area contributed by atoms with Gasteiger partial charge < -0.3 is 5.73 Å². The Labute approximate surface area is 81.5 Å². The first-order chi connectivity index (χ1) is 5.98. The van der Waals surface area contributed by atoms with Gasteiger partial charge in [0.1, 0.15) is 0 Å². The van der Waals surface area contributed by atoms with Gasteiger partial charge in [0, 0.05) is 24.7 Å². The second-order valence-corrected chi connectivity index (χ2v) is 5.74. The summed E-state index contributed by atoms with van der Waals surface area (Å²) in [5, 5.41) is 0. The van der Waals surface area contributed by atoms with Crippen molar-refractivity contribution in [1.82, 2.24) is 4.90 Å². The molecule has 0 aromatic carbocycles. The van der Waals surface area contributed by atoms with Gasteiger partial charge in [-0.15, -0.1) is 0 Å². The summed E-state index contributed by atoms with van der Waals surface area (Å²) in [6.45, 7) is 9.43. The molecule has 0 amide bonds. The number of nitrogens with two attached hydrogens (primary N) is 1. The van der Waals surface area contributed by atoms with Crippen molar-refractivity contribution in [2.75, 3.05) is 13.1 Å². The summed E-state index contributed by atoms with van der Waals surface area (Å²) in [5.41, 5.74) is 6.44. The van der Waals surface area contributed by atoms with E-state index in [1.807, 2.05) is 0 Å². The second kappa shape index (κ2) is 2.96. The number of hydrogen-bond donors (Lipinski definition) is 1. The van der Waals surface area contributed by atoms with Crippen molar-refractivity contribution >= 4 is 0 Å². The highest BCUT2D eigenvalue weighted by Gasteiger charge is 2.43. The summed E-state index contributed by atoms with van der Waals surface area (Å²) >= 11 is 0. The number of nitrogens with zero attached hydrogens (tertiary/aromatic N) is 1. The zero-order chi connectivity index (χ0) is 9.64. The third-order valence-electron chi connectivity index (χ3n) is 3.86. The highest BCUT2D eigenvalue weighted by molar-refractivity contribution is 4.98. The first-order valence-corrected chi connectivity index (χ1v) is 5.49. The number of fused-ring (bicyclic) bond motifs is 1. The largest absolute Gasteiger partial charge is 0.327 e. The van der Waals surface area contributed by atoms with E-state index in [1.54, 1.807) is 0 Å². The predicted molar refractivity (Wildman–Crippen MR) is 55.5 cm³/mol. The summed E-state index contributed by atoms with van der Waals surface area (Å²) in [7, 11) is 0. The first-order valence-electron chi connectivity index (χ1n) is 5.49. The maximum absolute atomic E-state index is 6.10. The fraction of sp³-hybridized carbons (Fsp3) is 1.00. The molecule has 3 unspecified atom stereocenters. The molecule has 1 saturated heterocycles. The number of likely N-dealkylation sites (tertiary alicyclic amines) is 1. The Hall–Kier alpha value is -0.0800. The van der Waals surface area contributed by atoms with Gasteiger partial charge in [-0.1, -0.05) is 0 Å². The lowest BCUT2D eigenvalue weighted by Gasteiger charge is -2.32. The van der Waals surface area contributed by atoms with Crippen LogP contribution >= 0.6 is 0 Å². The summed E-state index contributed by atoms with van der Waals surface area (Å²) in [4.78, 5) is 2.60. The molecule has 2 fully saturated rings. The van der Waals surface area contributed by atoms with Crippen molar-refractivity contribution in [3.8, 4) is 0 Å². The predicted octanol–water partition coefficient (Wildman–Crippen LogP) is 1.45. The molecular formula is C11H22N2. The van der Waals surface area contributed by atoms with Crippen LogP contribution in [0.5, 0.6) is 0 Å². The van der Waals surface area contributed by atoms with Crippen molar-refractivity contribution < 1.29 is 0 Å². The van der Waals surface area contributed by atoms with E-state index in [2.05, 4.69) is 25.7 Å². The first kappa shape index (κ1) is 9.47. The molecule has 1 saturated carbocycles. The molecule has 0 aromatic heterocycles. The summed E-state index contributed by atoms with van der Waals surface area (Å²) < 4.78 is 0. The van der Waals surface area contributed by atoms with Gasteiger partial charge in [-0.25, -0.2) is 0 Å². The van der Waals surface area contributed by atoms with E-state index in [9.17, 15) is 0 Å². The highest BCUT2D eigenvalue weighted by Crippen LogP contribution is 2.39. The number of hydrogen-bond acceptors (Lipinski definition) is 2. The Morgan fingerprint density at radius 1 is 1.15 bits per heavy atom. The molecule has 1 heterocycles. The van der Waals surface area contributed by atoms with Gasteiger partial charge in [-0.2, -0.15) is 0 Å². The van der Waals surface area contributed by atoms with Crippen LogP contribution in [-0.4, -0.2) is 29.6 Å². The highest BCUT2D eigenvalue weighted by atomic mass is 15.2. The Balaban J connectivity index is 2.03. The molecule has 2 nitrogen and oxygen atoms in total. The van der Waals surface area contributed by atoms with Crippen molar-refractivity contribution in [3.05, 3.63) is 0 Å². The van der Waals surface area contributed by atoms with Crippen LogP contribution in [0.3, 0.4) is 0 Å². The normalized spacial score (nSPS) is 41.1. The zero-order valence-electron chi connectivity index (χ0n) is 9.09. The lowest BCUT2D eigenvalue weighted by atomic mass is 9.98. The van der Waals surface area contributed by atoms with Gasteiger partial charge in [-0.05, 0) is 45.4 Å². The van der Waals surface area contributed by atoms with Crippen LogP contribution in [0.25, 0.3) is 0 Å². The average molecular weight is 182 g/mol. The third-order valence-corrected chi connectivity index (χ3v) is 3.86. The lowest BCUT2D eigenvalue weighted by Crippen LogP contribution is -2.41. The van der Waals surface area contributed by atoms with Gasteiger partial charge in [0.25, 0.3) is 0 Å². The standard InChI is InChI=1S/C11H22N2/c1-11(2,3)13-6-8-4-5-10(12)9(8)7-13/h8-10H,4-7,12H2,1-3H3. The molecule has 0 spiro atoms. The van der Waals surface area contributed by atoms with Crippen LogP contribution in [0.4, 0.5) is 0 Å². The van der Waals surface area contributed by atoms with Gasteiger partial charge in [0.2, 0.25) is 0 Å². The Bertz CT molecular complexity index is 195. The molecule has 0 radical (unpaired) electrons. The molecule has 76 valence electrons. The minimum Gasteiger partial charge on any atom is -0.327 e. The van der Waals surface area contributed by atoms with Gasteiger partial charge in [-0.3, -0.25) is 4.90 Å². The van der Waals surface area contributed by atoms with Crippen molar-refractivity contribution in [1.29, 1.82) is 0 Å². The monoisotopic (exact) mass is 182 g/mol. The molecule has 2 rings (SSSR count). The van der Waals surface area contributed by atoms with E-state index in [-0.39, 0.29) is 0 Å². The molecule has 1 aliphatic carbocycles. The molecule has 3 atom stereocenters. The Morgan fingerprint density at radius 3 is 2.38 bits per heavy atom. The topological polar surface area (TPSA) is 29.3 Å². The second-order valence-electron chi connectivity index (χ2n) is 5.74. The average Bonchev–Trinajstić information content (AvgIpc) is 2.51. The van der Waals surface area contributed by atoms with E-state index in [1.165, 1.54) is 25.9 Å². The van der Waals surface area contributed by atoms with E-state index in [0.29, 0.717) is 11.6 Å². The Kier molecular flexibility index (Phi) is 2.16. The SMILES string of the molecule is CC(C)(C)N1CC2CCC(N)C2C1. The minimum absolute atomic E-state index is 0.337. The minimum atomic E-state index is 0.337. The molecule has 13 heavy (non-hydrogen) atoms. The van der Waals surface area contributed by atoms with Crippen LogP contribution in [0, 0.1) is 11.8 Å². The van der Waals surface area contributed by atoms with E-state index < -0.39 is 0 Å². The molecular weight excluding hydrogens is 160 g/mol. The van der Waals surface area contributed by atoms with Crippen LogP contribution in [-0.2, 0) is 0 Å². The van der Waals surface area contributed by atoms with Crippen LogP contribution < -0.4 is 5.73 Å². The van der Waals surface area contributed by atoms with Crippen molar-refractivity contribution in [2.45, 2.75) is 45.2 Å². The zero-order valence-corrected chi connectivity index (χ0v) is 9.09.